The van der Waals surface area contributed by atoms with Gasteiger partial charge in [0.15, 0.2) is 0 Å². The molecule has 0 unspecified atom stereocenters. The van der Waals surface area contributed by atoms with Gasteiger partial charge in [-0.2, -0.15) is 0 Å². The number of rotatable bonds is 5. The molecule has 10 heteroatoms. The number of H-pyrrole nitrogens is 1. The van der Waals surface area contributed by atoms with E-state index in [1.807, 2.05) is 13.0 Å². The lowest BCUT2D eigenvalue weighted by Crippen LogP contribution is -2.42. The smallest absolute Gasteiger partial charge is 0.258 e. The number of nitrogens with zero attached hydrogens (tertiary/aromatic N) is 2. The summed E-state index contributed by atoms with van der Waals surface area (Å²) < 4.78 is 14.8. The van der Waals surface area contributed by atoms with E-state index in [-0.39, 0.29) is 35.0 Å². The predicted molar refractivity (Wildman–Crippen MR) is 131 cm³/mol. The Morgan fingerprint density at radius 1 is 1.32 bits per heavy atom. The normalized spacial score (nSPS) is 18.6. The number of hydrogen-bond donors (Lipinski definition) is 3. The highest BCUT2D eigenvalue weighted by molar-refractivity contribution is 6.35. The lowest BCUT2D eigenvalue weighted by Gasteiger charge is -2.36. The van der Waals surface area contributed by atoms with Gasteiger partial charge in [0.05, 0.1) is 29.2 Å². The van der Waals surface area contributed by atoms with Gasteiger partial charge in [0, 0.05) is 28.5 Å². The van der Waals surface area contributed by atoms with Crippen molar-refractivity contribution >= 4 is 45.7 Å². The first-order valence-corrected chi connectivity index (χ1v) is 11.9. The molecule has 0 saturated heterocycles. The number of fused-ring (bicyclic) bond motifs is 2. The fourth-order valence-corrected chi connectivity index (χ4v) is 5.44. The van der Waals surface area contributed by atoms with Crippen molar-refractivity contribution in [2.75, 3.05) is 25.0 Å². The van der Waals surface area contributed by atoms with Crippen LogP contribution < -0.4 is 16.6 Å². The molecule has 0 bridgehead atoms. The molecule has 1 amide bonds. The number of benzene rings is 2. The van der Waals surface area contributed by atoms with E-state index in [0.717, 1.165) is 30.0 Å². The maximum atomic E-state index is 14.8. The van der Waals surface area contributed by atoms with Crippen molar-refractivity contribution in [3.63, 3.8) is 0 Å². The van der Waals surface area contributed by atoms with Gasteiger partial charge in [-0.15, -0.1) is 0 Å². The minimum atomic E-state index is -0.630. The Morgan fingerprint density at radius 2 is 2.09 bits per heavy atom. The van der Waals surface area contributed by atoms with Crippen LogP contribution in [-0.2, 0) is 16.6 Å². The number of anilines is 1. The van der Waals surface area contributed by atoms with E-state index in [4.69, 9.17) is 28.9 Å². The number of aromatic amines is 1. The minimum absolute atomic E-state index is 0.109. The number of nitrogens with two attached hydrogens (primary N) is 1. The van der Waals surface area contributed by atoms with Gasteiger partial charge in [-0.3, -0.25) is 9.59 Å². The zero-order valence-electron chi connectivity index (χ0n) is 18.6. The monoisotopic (exact) mass is 503 g/mol. The molecule has 5 rings (SSSR count). The van der Waals surface area contributed by atoms with Crippen LogP contribution in [0.25, 0.3) is 10.9 Å². The number of carbonyl (C=O) groups is 1. The first-order chi connectivity index (χ1) is 16.2. The van der Waals surface area contributed by atoms with Gasteiger partial charge in [0.1, 0.15) is 11.6 Å². The van der Waals surface area contributed by atoms with Crippen molar-refractivity contribution in [3.05, 3.63) is 67.4 Å². The second kappa shape index (κ2) is 8.52. The van der Waals surface area contributed by atoms with E-state index >= 15 is 0 Å². The predicted octanol–water partition coefficient (Wildman–Crippen LogP) is 3.92. The Balaban J connectivity index is 1.37. The summed E-state index contributed by atoms with van der Waals surface area (Å²) in [5, 5.41) is 4.13. The Morgan fingerprint density at radius 3 is 2.79 bits per heavy atom. The van der Waals surface area contributed by atoms with Crippen molar-refractivity contribution in [2.24, 2.45) is 5.73 Å². The van der Waals surface area contributed by atoms with Gasteiger partial charge < -0.3 is 20.9 Å². The van der Waals surface area contributed by atoms with E-state index in [9.17, 15) is 14.0 Å². The van der Waals surface area contributed by atoms with Crippen molar-refractivity contribution in [3.8, 4) is 0 Å². The number of aromatic nitrogens is 2. The molecule has 34 heavy (non-hydrogen) atoms. The van der Waals surface area contributed by atoms with Crippen LogP contribution >= 0.6 is 23.2 Å². The summed E-state index contributed by atoms with van der Waals surface area (Å²) in [5.74, 6) is -0.294. The zero-order chi connectivity index (χ0) is 24.2. The molecule has 0 spiro atoms. The molecule has 1 atom stereocenters. The average molecular weight is 504 g/mol. The molecule has 3 aromatic rings. The molecule has 7 nitrogen and oxygen atoms in total. The van der Waals surface area contributed by atoms with E-state index in [0.29, 0.717) is 40.9 Å². The molecule has 0 radical (unpaired) electrons. The lowest BCUT2D eigenvalue weighted by molar-refractivity contribution is -0.131. The average Bonchev–Trinajstić information content (AvgIpc) is 3.59. The van der Waals surface area contributed by atoms with E-state index in [2.05, 4.69) is 15.3 Å². The summed E-state index contributed by atoms with van der Waals surface area (Å²) in [6.45, 7) is 2.69. The molecule has 1 fully saturated rings. The maximum Gasteiger partial charge on any atom is 0.258 e. The summed E-state index contributed by atoms with van der Waals surface area (Å²) in [6, 6.07) is 5.93. The topological polar surface area (TPSA) is 104 Å². The molecule has 178 valence electrons. The van der Waals surface area contributed by atoms with Gasteiger partial charge in [0.2, 0.25) is 5.91 Å². The van der Waals surface area contributed by atoms with Crippen molar-refractivity contribution < 1.29 is 9.18 Å². The quantitative estimate of drug-likeness (QED) is 0.489. The number of amides is 1. The van der Waals surface area contributed by atoms with Crippen LogP contribution in [0.5, 0.6) is 0 Å². The highest BCUT2D eigenvalue weighted by atomic mass is 35.5. The summed E-state index contributed by atoms with van der Waals surface area (Å²) in [7, 11) is 0. The Bertz CT molecular complexity index is 1370. The van der Waals surface area contributed by atoms with Crippen LogP contribution in [0, 0.1) is 5.82 Å². The summed E-state index contributed by atoms with van der Waals surface area (Å²) in [4.78, 5) is 34.5. The number of hydrogen-bond acceptors (Lipinski definition) is 5. The van der Waals surface area contributed by atoms with Gasteiger partial charge >= 0.3 is 0 Å². The molecule has 1 aliphatic carbocycles. The largest absolute Gasteiger partial charge is 0.374 e. The Hall–Kier alpha value is -2.68. The molecule has 2 heterocycles. The van der Waals surface area contributed by atoms with Gasteiger partial charge in [0.25, 0.3) is 5.56 Å². The van der Waals surface area contributed by atoms with E-state index < -0.39 is 11.4 Å². The number of nitrogens with one attached hydrogen (secondary N) is 2. The molecule has 2 aromatic carbocycles. The first-order valence-electron chi connectivity index (χ1n) is 11.2. The van der Waals surface area contributed by atoms with Crippen molar-refractivity contribution in [1.82, 2.24) is 14.9 Å². The Labute approximate surface area is 205 Å². The van der Waals surface area contributed by atoms with E-state index in [1.165, 1.54) is 6.07 Å². The summed E-state index contributed by atoms with van der Waals surface area (Å²) >= 11 is 12.5. The van der Waals surface area contributed by atoms with Gasteiger partial charge in [-0.1, -0.05) is 23.2 Å². The van der Waals surface area contributed by atoms with Gasteiger partial charge in [-0.25, -0.2) is 9.37 Å². The highest BCUT2D eigenvalue weighted by Gasteiger charge is 2.45. The van der Waals surface area contributed by atoms with Crippen LogP contribution in [0.2, 0.25) is 10.0 Å². The highest BCUT2D eigenvalue weighted by Crippen LogP contribution is 2.45. The summed E-state index contributed by atoms with van der Waals surface area (Å²) in [6.07, 6.45) is 2.34. The SMILES string of the molecule is C[C@H]1c2c(Cl)cc(Cl)cc2CCN1C(=O)CNc1cc2nc(C3(CN)CC3)[nH]c(=O)c2cc1F. The molecule has 2 aliphatic rings. The third-order valence-corrected chi connectivity index (χ3v) is 7.51. The molecular weight excluding hydrogens is 480 g/mol. The number of carbonyl (C=O) groups excluding carboxylic acids is 1. The van der Waals surface area contributed by atoms with Crippen LogP contribution in [0.3, 0.4) is 0 Å². The second-order valence-electron chi connectivity index (χ2n) is 9.08. The lowest BCUT2D eigenvalue weighted by atomic mass is 9.93. The van der Waals surface area contributed by atoms with Crippen LogP contribution in [0.4, 0.5) is 10.1 Å². The number of halogens is 3. The van der Waals surface area contributed by atoms with Gasteiger partial charge in [-0.05, 0) is 61.6 Å². The molecule has 1 aliphatic heterocycles. The maximum absolute atomic E-state index is 14.8. The van der Waals surface area contributed by atoms with E-state index in [1.54, 1.807) is 11.0 Å². The Kier molecular flexibility index (Phi) is 5.78. The molecular formula is C24H24Cl2FN5O2. The molecule has 1 saturated carbocycles. The third kappa shape index (κ3) is 3.93. The van der Waals surface area contributed by atoms with Crippen LogP contribution in [0.1, 0.15) is 42.8 Å². The first kappa shape index (κ1) is 23.1. The van der Waals surface area contributed by atoms with Crippen molar-refractivity contribution in [2.45, 2.75) is 37.6 Å². The molecule has 1 aromatic heterocycles. The fraction of sp³-hybridized carbons (Fsp3) is 0.375. The minimum Gasteiger partial charge on any atom is -0.374 e. The molecule has 4 N–H and O–H groups in total. The standard InChI is InChI=1S/C24H24Cl2FN5O2/c1-12-21-13(6-14(25)7-16(21)26)2-5-32(12)20(33)10-29-19-9-18-15(8-17(19)27)22(34)31-23(30-18)24(11-28)3-4-24/h6-9,12,29H,2-5,10-11,28H2,1H3,(H,30,31,34)/t12-/m0/s1. The summed E-state index contributed by atoms with van der Waals surface area (Å²) in [5.41, 5.74) is 7.53. The van der Waals surface area contributed by atoms with Crippen LogP contribution in [-0.4, -0.2) is 40.4 Å². The third-order valence-electron chi connectivity index (χ3n) is 6.98. The van der Waals surface area contributed by atoms with Crippen molar-refractivity contribution in [1.29, 1.82) is 0 Å². The zero-order valence-corrected chi connectivity index (χ0v) is 20.1. The fourth-order valence-electron chi connectivity index (χ4n) is 4.75. The second-order valence-corrected chi connectivity index (χ2v) is 9.92. The van der Waals surface area contributed by atoms with Crippen LogP contribution in [0.15, 0.2) is 29.1 Å².